The van der Waals surface area contributed by atoms with Crippen LogP contribution in [0.1, 0.15) is 82.9 Å². The molecule has 0 fully saturated rings. The second-order valence-electron chi connectivity index (χ2n) is 11.0. The Morgan fingerprint density at radius 3 is 2.59 bits per heavy atom. The lowest BCUT2D eigenvalue weighted by Gasteiger charge is -2.35. The van der Waals surface area contributed by atoms with E-state index in [1.165, 1.54) is 11.1 Å². The number of rotatable bonds is 11. The number of hydrogen-bond acceptors (Lipinski definition) is 5. The zero-order valence-corrected chi connectivity index (χ0v) is 24.1. The summed E-state index contributed by atoms with van der Waals surface area (Å²) in [5.41, 5.74) is 8.67. The van der Waals surface area contributed by atoms with E-state index in [0.717, 1.165) is 59.3 Å². The van der Waals surface area contributed by atoms with Gasteiger partial charge in [0.1, 0.15) is 0 Å². The molecule has 6 nitrogen and oxygen atoms in total. The Labute approximate surface area is 243 Å². The number of fused-ring (bicyclic) bond motifs is 1. The lowest BCUT2D eigenvalue weighted by Crippen LogP contribution is -2.32. The number of aromatic nitrogens is 2. The molecule has 4 aromatic rings. The molecule has 2 atom stereocenters. The van der Waals surface area contributed by atoms with Gasteiger partial charge in [0.25, 0.3) is 0 Å². The van der Waals surface area contributed by atoms with Gasteiger partial charge in [-0.3, -0.25) is 19.7 Å². The number of aryl methyl sites for hydroxylation is 2. The van der Waals surface area contributed by atoms with Crippen molar-refractivity contribution < 1.29 is 9.90 Å². The van der Waals surface area contributed by atoms with E-state index in [1.807, 2.05) is 67.8 Å². The maximum atomic E-state index is 13.0. The van der Waals surface area contributed by atoms with Crippen LogP contribution >= 0.6 is 0 Å². The molecule has 0 saturated carbocycles. The number of nitrogens with one attached hydrogen (secondary N) is 1. The van der Waals surface area contributed by atoms with Gasteiger partial charge in [0, 0.05) is 32.0 Å². The minimum Gasteiger partial charge on any atom is -0.392 e. The normalized spacial score (nSPS) is 15.4. The van der Waals surface area contributed by atoms with Gasteiger partial charge in [-0.25, -0.2) is 0 Å². The largest absolute Gasteiger partial charge is 0.392 e. The first-order valence-electron chi connectivity index (χ1n) is 14.7. The van der Waals surface area contributed by atoms with Crippen molar-refractivity contribution in [2.45, 2.75) is 77.7 Å². The van der Waals surface area contributed by atoms with Gasteiger partial charge in [0.15, 0.2) is 0 Å². The van der Waals surface area contributed by atoms with Crippen LogP contribution in [0.3, 0.4) is 0 Å². The van der Waals surface area contributed by atoms with Crippen molar-refractivity contribution in [3.05, 3.63) is 130 Å². The number of amides is 1. The van der Waals surface area contributed by atoms with E-state index in [0.29, 0.717) is 19.6 Å². The van der Waals surface area contributed by atoms with Crippen LogP contribution in [-0.2, 0) is 37.5 Å². The SMILES string of the molecule is CCC(C(=O)NCc1ccc(CN(Cc2ncccc2C)[C@H]2CCCc3cccnc32)c(CO)c1)c1ccccc1. The molecule has 1 aliphatic rings. The number of carbonyl (C=O) groups is 1. The lowest BCUT2D eigenvalue weighted by molar-refractivity contribution is -0.122. The molecule has 1 aliphatic carbocycles. The van der Waals surface area contributed by atoms with Crippen LogP contribution in [0.25, 0.3) is 0 Å². The maximum absolute atomic E-state index is 13.0. The van der Waals surface area contributed by atoms with E-state index < -0.39 is 0 Å². The lowest BCUT2D eigenvalue weighted by atomic mass is 9.90. The van der Waals surface area contributed by atoms with E-state index in [4.69, 9.17) is 9.97 Å². The number of aliphatic hydroxyl groups is 1. The fourth-order valence-corrected chi connectivity index (χ4v) is 5.97. The van der Waals surface area contributed by atoms with E-state index in [-0.39, 0.29) is 24.5 Å². The van der Waals surface area contributed by atoms with Crippen LogP contribution in [0.15, 0.2) is 85.2 Å². The standard InChI is InChI=1S/C35H40N4O2/c1-3-31(27-11-5-4-6-12-27)35(41)38-21-26-16-17-29(30(20-26)24-40)22-39(23-32-25(2)10-8-18-36-32)33-15-7-13-28-14-9-19-37-34(28)33/h4-6,8-12,14,16-20,31,33,40H,3,7,13,15,21-24H2,1-2H3,(H,38,41)/t31?,33-/m0/s1. The Morgan fingerprint density at radius 1 is 1.00 bits per heavy atom. The smallest absolute Gasteiger partial charge is 0.227 e. The van der Waals surface area contributed by atoms with Gasteiger partial charge in [-0.15, -0.1) is 0 Å². The monoisotopic (exact) mass is 548 g/mol. The van der Waals surface area contributed by atoms with Gasteiger partial charge in [0.2, 0.25) is 5.91 Å². The Hall–Kier alpha value is -3.87. The maximum Gasteiger partial charge on any atom is 0.227 e. The van der Waals surface area contributed by atoms with E-state index in [9.17, 15) is 9.90 Å². The summed E-state index contributed by atoms with van der Waals surface area (Å²) in [6.07, 6.45) is 7.70. The summed E-state index contributed by atoms with van der Waals surface area (Å²) in [4.78, 5) is 25.0. The average Bonchev–Trinajstić information content (AvgIpc) is 3.01. The molecule has 0 spiro atoms. The number of pyridine rings is 2. The van der Waals surface area contributed by atoms with Gasteiger partial charge in [0.05, 0.1) is 30.0 Å². The predicted molar refractivity (Wildman–Crippen MR) is 162 cm³/mol. The first-order chi connectivity index (χ1) is 20.1. The Morgan fingerprint density at radius 2 is 1.80 bits per heavy atom. The van der Waals surface area contributed by atoms with Crippen molar-refractivity contribution in [2.24, 2.45) is 0 Å². The summed E-state index contributed by atoms with van der Waals surface area (Å²) >= 11 is 0. The third-order valence-corrected chi connectivity index (χ3v) is 8.28. The number of nitrogens with zero attached hydrogens (tertiary/aromatic N) is 3. The van der Waals surface area contributed by atoms with Gasteiger partial charge < -0.3 is 10.4 Å². The molecule has 2 aromatic heterocycles. The van der Waals surface area contributed by atoms with Crippen molar-refractivity contribution in [2.75, 3.05) is 0 Å². The fourth-order valence-electron chi connectivity index (χ4n) is 5.97. The first-order valence-corrected chi connectivity index (χ1v) is 14.7. The van der Waals surface area contributed by atoms with Crippen molar-refractivity contribution >= 4 is 5.91 Å². The van der Waals surface area contributed by atoms with Crippen molar-refractivity contribution in [3.63, 3.8) is 0 Å². The van der Waals surface area contributed by atoms with Crippen molar-refractivity contribution in [1.82, 2.24) is 20.2 Å². The molecular formula is C35H40N4O2. The highest BCUT2D eigenvalue weighted by atomic mass is 16.3. The summed E-state index contributed by atoms with van der Waals surface area (Å²) in [6, 6.07) is 24.6. The molecule has 212 valence electrons. The van der Waals surface area contributed by atoms with Gasteiger partial charge in [-0.05, 0) is 78.1 Å². The third-order valence-electron chi connectivity index (χ3n) is 8.28. The van der Waals surface area contributed by atoms with Gasteiger partial charge in [-0.2, -0.15) is 0 Å². The molecule has 0 radical (unpaired) electrons. The van der Waals surface area contributed by atoms with Crippen LogP contribution in [0.4, 0.5) is 0 Å². The summed E-state index contributed by atoms with van der Waals surface area (Å²) in [5, 5.41) is 13.5. The molecule has 6 heteroatoms. The Balaban J connectivity index is 1.36. The molecule has 2 N–H and O–H groups in total. The van der Waals surface area contributed by atoms with Crippen LogP contribution in [0, 0.1) is 6.92 Å². The average molecular weight is 549 g/mol. The minimum atomic E-state index is -0.177. The molecule has 0 saturated heterocycles. The molecule has 1 unspecified atom stereocenters. The number of hydrogen-bond donors (Lipinski definition) is 2. The molecular weight excluding hydrogens is 508 g/mol. The summed E-state index contributed by atoms with van der Waals surface area (Å²) in [5.74, 6) is -0.155. The van der Waals surface area contributed by atoms with E-state index in [2.05, 4.69) is 41.4 Å². The number of carbonyl (C=O) groups excluding carboxylic acids is 1. The fraction of sp³-hybridized carbons (Fsp3) is 0.343. The highest BCUT2D eigenvalue weighted by Gasteiger charge is 2.28. The van der Waals surface area contributed by atoms with Crippen molar-refractivity contribution in [1.29, 1.82) is 0 Å². The highest BCUT2D eigenvalue weighted by molar-refractivity contribution is 5.83. The van der Waals surface area contributed by atoms with Crippen LogP contribution in [0.2, 0.25) is 0 Å². The summed E-state index contributed by atoms with van der Waals surface area (Å²) < 4.78 is 0. The van der Waals surface area contributed by atoms with E-state index in [1.54, 1.807) is 0 Å². The first kappa shape index (κ1) is 28.7. The molecule has 0 aliphatic heterocycles. The van der Waals surface area contributed by atoms with Crippen LogP contribution < -0.4 is 5.32 Å². The molecule has 2 heterocycles. The Bertz CT molecular complexity index is 1460. The van der Waals surface area contributed by atoms with Crippen LogP contribution in [0.5, 0.6) is 0 Å². The molecule has 2 aromatic carbocycles. The van der Waals surface area contributed by atoms with Crippen LogP contribution in [-0.4, -0.2) is 25.9 Å². The summed E-state index contributed by atoms with van der Waals surface area (Å²) in [6.45, 7) is 5.88. The highest BCUT2D eigenvalue weighted by Crippen LogP contribution is 2.35. The molecule has 5 rings (SSSR count). The second-order valence-corrected chi connectivity index (χ2v) is 11.0. The number of aliphatic hydroxyl groups excluding tert-OH is 1. The topological polar surface area (TPSA) is 78.4 Å². The van der Waals surface area contributed by atoms with Gasteiger partial charge in [-0.1, -0.05) is 67.6 Å². The van der Waals surface area contributed by atoms with E-state index >= 15 is 0 Å². The minimum absolute atomic E-state index is 0.0219. The molecule has 41 heavy (non-hydrogen) atoms. The van der Waals surface area contributed by atoms with Gasteiger partial charge >= 0.3 is 0 Å². The predicted octanol–water partition coefficient (Wildman–Crippen LogP) is 6.17. The van der Waals surface area contributed by atoms with Crippen molar-refractivity contribution in [3.8, 4) is 0 Å². The summed E-state index contributed by atoms with van der Waals surface area (Å²) in [7, 11) is 0. The third kappa shape index (κ3) is 6.89. The Kier molecular flexibility index (Phi) is 9.55. The molecule has 0 bridgehead atoms. The quantitative estimate of drug-likeness (QED) is 0.234. The number of benzene rings is 2. The zero-order chi connectivity index (χ0) is 28.6. The molecule has 1 amide bonds. The second kappa shape index (κ2) is 13.7. The zero-order valence-electron chi connectivity index (χ0n) is 24.1.